The summed E-state index contributed by atoms with van der Waals surface area (Å²) in [7, 11) is 1.36. The van der Waals surface area contributed by atoms with E-state index in [1.165, 1.54) is 32.2 Å². The molecule has 1 fully saturated rings. The summed E-state index contributed by atoms with van der Waals surface area (Å²) in [6.07, 6.45) is -6.19. The van der Waals surface area contributed by atoms with Gasteiger partial charge in [0, 0.05) is 18.2 Å². The number of amides is 2. The Kier molecular flexibility index (Phi) is 8.87. The van der Waals surface area contributed by atoms with Crippen LogP contribution in [-0.2, 0) is 14.2 Å². The van der Waals surface area contributed by atoms with Crippen LogP contribution in [0.5, 0.6) is 23.0 Å². The average molecular weight is 639 g/mol. The number of anilines is 1. The molecular formula is C32H31FN2O11. The number of hydrogen-bond acceptors (Lipinski definition) is 11. The average Bonchev–Trinajstić information content (AvgIpc) is 3.00. The van der Waals surface area contributed by atoms with Gasteiger partial charge in [-0.1, -0.05) is 18.2 Å². The molecular weight excluding hydrogens is 607 g/mol. The van der Waals surface area contributed by atoms with Crippen LogP contribution in [0.15, 0.2) is 69.9 Å². The lowest BCUT2D eigenvalue weighted by molar-refractivity contribution is -0.304. The van der Waals surface area contributed by atoms with Gasteiger partial charge in [-0.25, -0.2) is 14.0 Å². The molecule has 1 aliphatic rings. The second kappa shape index (κ2) is 12.7. The second-order valence-corrected chi connectivity index (χ2v) is 10.9. The highest BCUT2D eigenvalue weighted by molar-refractivity contribution is 6.06. The largest absolute Gasteiger partial charge is 0.505 e. The quantitative estimate of drug-likeness (QED) is 0.201. The van der Waals surface area contributed by atoms with Gasteiger partial charge in [-0.2, -0.15) is 0 Å². The van der Waals surface area contributed by atoms with Crippen molar-refractivity contribution >= 4 is 28.7 Å². The molecule has 5 N–H and O–H groups in total. The number of carbonyl (C=O) groups is 2. The maximum absolute atomic E-state index is 14.4. The number of carbonyl (C=O) groups excluding carboxylic acids is 2. The minimum absolute atomic E-state index is 0.0479. The summed E-state index contributed by atoms with van der Waals surface area (Å²) in [4.78, 5) is 37.6. The molecule has 3 aromatic carbocycles. The van der Waals surface area contributed by atoms with Crippen LogP contribution in [-0.4, -0.2) is 59.5 Å². The summed E-state index contributed by atoms with van der Waals surface area (Å²) < 4.78 is 47.8. The first-order chi connectivity index (χ1) is 21.8. The minimum atomic E-state index is -1.54. The van der Waals surface area contributed by atoms with Crippen LogP contribution in [0.1, 0.15) is 29.8 Å². The predicted molar refractivity (Wildman–Crippen MR) is 161 cm³/mol. The molecule has 1 saturated heterocycles. The second-order valence-electron chi connectivity index (χ2n) is 10.9. The van der Waals surface area contributed by atoms with Gasteiger partial charge >= 0.3 is 11.7 Å². The third-order valence-corrected chi connectivity index (χ3v) is 7.42. The van der Waals surface area contributed by atoms with Crippen molar-refractivity contribution in [2.24, 2.45) is 5.73 Å². The molecule has 2 heterocycles. The van der Waals surface area contributed by atoms with E-state index in [0.717, 1.165) is 12.1 Å². The Hall–Kier alpha value is -5.18. The molecule has 0 aliphatic carbocycles. The Labute approximate surface area is 261 Å². The van der Waals surface area contributed by atoms with E-state index in [4.69, 9.17) is 33.8 Å². The monoisotopic (exact) mass is 638 g/mol. The molecule has 1 aliphatic heterocycles. The maximum atomic E-state index is 14.4. The first kappa shape index (κ1) is 32.2. The number of nitrogens with one attached hydrogen (secondary N) is 1. The number of ether oxygens (including phenoxy) is 5. The highest BCUT2D eigenvalue weighted by atomic mass is 19.1. The number of benzene rings is 3. The van der Waals surface area contributed by atoms with Gasteiger partial charge in [0.25, 0.3) is 5.91 Å². The van der Waals surface area contributed by atoms with Gasteiger partial charge in [-0.15, -0.1) is 0 Å². The lowest BCUT2D eigenvalue weighted by Crippen LogP contribution is -2.65. The summed E-state index contributed by atoms with van der Waals surface area (Å²) in [5, 5.41) is 24.3. The van der Waals surface area contributed by atoms with Crippen molar-refractivity contribution in [3.05, 3.63) is 88.0 Å². The maximum Gasteiger partial charge on any atom is 0.404 e. The lowest BCUT2D eigenvalue weighted by atomic mass is 9.89. The number of halogens is 1. The molecule has 0 unspecified atom stereocenters. The molecule has 5 rings (SSSR count). The zero-order valence-electron chi connectivity index (χ0n) is 25.1. The van der Waals surface area contributed by atoms with Crippen LogP contribution < -0.4 is 26.1 Å². The van der Waals surface area contributed by atoms with Crippen molar-refractivity contribution in [2.45, 2.75) is 51.0 Å². The van der Waals surface area contributed by atoms with Crippen molar-refractivity contribution in [1.29, 1.82) is 0 Å². The van der Waals surface area contributed by atoms with Gasteiger partial charge in [-0.05, 0) is 63.2 Å². The van der Waals surface area contributed by atoms with Crippen molar-refractivity contribution in [3.63, 3.8) is 0 Å². The van der Waals surface area contributed by atoms with E-state index >= 15 is 0 Å². The molecule has 4 aromatic rings. The number of rotatable bonds is 8. The normalized spacial score (nSPS) is 20.6. The van der Waals surface area contributed by atoms with Gasteiger partial charge in [0.15, 0.2) is 35.2 Å². The highest BCUT2D eigenvalue weighted by Crippen LogP contribution is 2.38. The van der Waals surface area contributed by atoms with Crippen LogP contribution in [0, 0.1) is 12.7 Å². The first-order valence-corrected chi connectivity index (χ1v) is 13.9. The highest BCUT2D eigenvalue weighted by Gasteiger charge is 2.53. The van der Waals surface area contributed by atoms with E-state index in [2.05, 4.69) is 5.32 Å². The number of fused-ring (bicyclic) bond motifs is 1. The van der Waals surface area contributed by atoms with Gasteiger partial charge < -0.3 is 49.4 Å². The topological polar surface area (TPSA) is 189 Å². The lowest BCUT2D eigenvalue weighted by Gasteiger charge is -2.47. The molecule has 0 radical (unpaired) electrons. The Balaban J connectivity index is 1.41. The third-order valence-electron chi connectivity index (χ3n) is 7.42. The van der Waals surface area contributed by atoms with Gasteiger partial charge in [0.05, 0.1) is 11.0 Å². The van der Waals surface area contributed by atoms with Crippen LogP contribution in [0.25, 0.3) is 11.0 Å². The van der Waals surface area contributed by atoms with E-state index in [1.54, 1.807) is 44.2 Å². The first-order valence-electron chi connectivity index (χ1n) is 13.9. The number of methoxy groups -OCH3 is 1. The summed E-state index contributed by atoms with van der Waals surface area (Å²) in [5.41, 5.74) is 2.54. The zero-order valence-corrected chi connectivity index (χ0v) is 25.1. The van der Waals surface area contributed by atoms with Crippen LogP contribution in [0.3, 0.4) is 0 Å². The summed E-state index contributed by atoms with van der Waals surface area (Å²) in [5.74, 6) is -1.94. The smallest absolute Gasteiger partial charge is 0.404 e. The molecule has 0 spiro atoms. The molecule has 46 heavy (non-hydrogen) atoms. The number of aryl methyl sites for hydroxylation is 1. The number of hydrogen-bond donors (Lipinski definition) is 4. The van der Waals surface area contributed by atoms with Crippen molar-refractivity contribution < 1.29 is 52.3 Å². The number of nitrogens with two attached hydrogens (primary N) is 1. The van der Waals surface area contributed by atoms with Crippen molar-refractivity contribution in [2.75, 3.05) is 12.4 Å². The standard InChI is InChI=1S/C32H31FN2O11/c1-15-20(43-30-24(37)26(45-31(34)40)27(41-4)32(2,3)46-30)13-11-18-23(36)22(29(39)44-25(15)18)35-28(38)16-10-12-19(33)21(14-16)42-17-8-6-5-7-9-17/h5-14,24,26-27,30,36-37H,1-4H3,(H2,34,40)(H,35,38)/t24-,26+,27-,30-/m1/s1. The fourth-order valence-electron chi connectivity index (χ4n) is 5.20. The van der Waals surface area contributed by atoms with Crippen molar-refractivity contribution in [1.82, 2.24) is 0 Å². The number of para-hydroxylation sites is 1. The number of aliphatic hydroxyl groups excluding tert-OH is 1. The fourth-order valence-corrected chi connectivity index (χ4v) is 5.20. The van der Waals surface area contributed by atoms with Gasteiger partial charge in [-0.3, -0.25) is 4.79 Å². The molecule has 242 valence electrons. The fraction of sp³-hybridized carbons (Fsp3) is 0.281. The summed E-state index contributed by atoms with van der Waals surface area (Å²) >= 11 is 0. The van der Waals surface area contributed by atoms with Crippen LogP contribution >= 0.6 is 0 Å². The van der Waals surface area contributed by atoms with E-state index < -0.39 is 65.1 Å². The van der Waals surface area contributed by atoms with Gasteiger partial charge in [0.1, 0.15) is 23.2 Å². The molecule has 14 heteroatoms. The van der Waals surface area contributed by atoms with Gasteiger partial charge in [0.2, 0.25) is 6.29 Å². The Morgan fingerprint density at radius 3 is 2.46 bits per heavy atom. The Morgan fingerprint density at radius 2 is 1.78 bits per heavy atom. The molecule has 4 atom stereocenters. The molecule has 2 amide bonds. The van der Waals surface area contributed by atoms with Crippen LogP contribution in [0.4, 0.5) is 14.9 Å². The van der Waals surface area contributed by atoms with Crippen molar-refractivity contribution in [3.8, 4) is 23.0 Å². The SMILES string of the molecule is CO[C@@H]1[C@@H](OC(N)=O)[C@@H](O)[C@H](Oc2ccc3c(O)c(NC(=O)c4ccc(F)c(Oc5ccccc5)c4)c(=O)oc3c2C)OC1(C)C. The Bertz CT molecular complexity index is 1840. The number of primary amides is 1. The summed E-state index contributed by atoms with van der Waals surface area (Å²) in [6, 6.07) is 14.5. The van der Waals surface area contributed by atoms with E-state index in [9.17, 15) is 29.0 Å². The third kappa shape index (κ3) is 6.31. The van der Waals surface area contributed by atoms with E-state index in [-0.39, 0.29) is 33.6 Å². The zero-order chi connectivity index (χ0) is 33.3. The molecule has 0 saturated carbocycles. The molecule has 1 aromatic heterocycles. The number of aliphatic hydroxyl groups is 1. The van der Waals surface area contributed by atoms with E-state index in [0.29, 0.717) is 5.75 Å². The molecule has 0 bridgehead atoms. The minimum Gasteiger partial charge on any atom is -0.505 e. The predicted octanol–water partition coefficient (Wildman–Crippen LogP) is 4.34. The Morgan fingerprint density at radius 1 is 1.07 bits per heavy atom. The van der Waals surface area contributed by atoms with E-state index in [1.807, 2.05) is 0 Å². The molecule has 13 nitrogen and oxygen atoms in total. The summed E-state index contributed by atoms with van der Waals surface area (Å²) in [6.45, 7) is 4.81. The number of aromatic hydroxyl groups is 1. The van der Waals surface area contributed by atoms with Crippen LogP contribution in [0.2, 0.25) is 0 Å².